The largest absolute Gasteiger partial charge is 0.350 e. The molecule has 0 saturated carbocycles. The van der Waals surface area contributed by atoms with Gasteiger partial charge in [-0.1, -0.05) is 54.6 Å². The van der Waals surface area contributed by atoms with E-state index in [1.54, 1.807) is 6.07 Å². The number of anilines is 1. The maximum atomic E-state index is 12.6. The van der Waals surface area contributed by atoms with Gasteiger partial charge >= 0.3 is 0 Å². The third-order valence-electron chi connectivity index (χ3n) is 5.11. The highest BCUT2D eigenvalue weighted by Crippen LogP contribution is 2.26. The monoisotopic (exact) mass is 473 g/mol. The molecule has 8 nitrogen and oxygen atoms in total. The number of nitrogens with zero attached hydrogens (tertiary/aromatic N) is 3. The van der Waals surface area contributed by atoms with Gasteiger partial charge in [-0.15, -0.1) is 11.3 Å². The fraction of sp³-hybridized carbons (Fsp3) is 0.160. The molecule has 0 spiro atoms. The number of carbonyl (C=O) groups is 2. The predicted octanol–water partition coefficient (Wildman–Crippen LogP) is 3.87. The van der Waals surface area contributed by atoms with Gasteiger partial charge in [-0.2, -0.15) is 5.10 Å². The van der Waals surface area contributed by atoms with Gasteiger partial charge in [-0.05, 0) is 18.6 Å². The van der Waals surface area contributed by atoms with Crippen LogP contribution >= 0.6 is 11.3 Å². The molecule has 0 bridgehead atoms. The highest BCUT2D eigenvalue weighted by molar-refractivity contribution is 7.14. The maximum Gasteiger partial charge on any atom is 0.267 e. The molecule has 2 aromatic carbocycles. The molecular weight excluding hydrogens is 450 g/mol. The van der Waals surface area contributed by atoms with Crippen molar-refractivity contribution in [3.05, 3.63) is 88.0 Å². The normalized spacial score (nSPS) is 11.6. The van der Waals surface area contributed by atoms with Crippen LogP contribution in [0.1, 0.15) is 25.5 Å². The zero-order valence-electron chi connectivity index (χ0n) is 18.7. The molecule has 0 radical (unpaired) electrons. The van der Waals surface area contributed by atoms with Crippen molar-refractivity contribution in [1.29, 1.82) is 0 Å². The van der Waals surface area contributed by atoms with Crippen molar-refractivity contribution < 1.29 is 9.59 Å². The average Bonchev–Trinajstić information content (AvgIpc) is 3.29. The number of thiazole rings is 1. The Morgan fingerprint density at radius 1 is 0.971 bits per heavy atom. The highest BCUT2D eigenvalue weighted by atomic mass is 32.1. The molecule has 2 amide bonds. The first-order valence-corrected chi connectivity index (χ1v) is 11.5. The van der Waals surface area contributed by atoms with E-state index < -0.39 is 0 Å². The predicted molar refractivity (Wildman–Crippen MR) is 132 cm³/mol. The van der Waals surface area contributed by atoms with E-state index in [9.17, 15) is 14.4 Å². The minimum Gasteiger partial charge on any atom is -0.350 e. The van der Waals surface area contributed by atoms with Crippen molar-refractivity contribution in [2.75, 3.05) is 5.32 Å². The Hall–Kier alpha value is -4.11. The molecule has 4 rings (SSSR count). The van der Waals surface area contributed by atoms with E-state index in [-0.39, 0.29) is 30.0 Å². The van der Waals surface area contributed by atoms with Gasteiger partial charge in [0.2, 0.25) is 11.8 Å². The van der Waals surface area contributed by atoms with Gasteiger partial charge < -0.3 is 10.6 Å². The summed E-state index contributed by atoms with van der Waals surface area (Å²) >= 11 is 1.30. The highest BCUT2D eigenvalue weighted by Gasteiger charge is 2.12. The van der Waals surface area contributed by atoms with Crippen LogP contribution in [-0.4, -0.2) is 26.6 Å². The Morgan fingerprint density at radius 2 is 1.68 bits per heavy atom. The molecule has 1 unspecified atom stereocenters. The van der Waals surface area contributed by atoms with Gasteiger partial charge in [0.1, 0.15) is 6.54 Å². The molecule has 0 aliphatic heterocycles. The molecule has 0 fully saturated rings. The summed E-state index contributed by atoms with van der Waals surface area (Å²) in [4.78, 5) is 40.5. The van der Waals surface area contributed by atoms with Crippen LogP contribution in [-0.2, 0) is 16.1 Å². The molecular formula is C25H23N5O3S. The quantitative estimate of drug-likeness (QED) is 0.424. The van der Waals surface area contributed by atoms with Gasteiger partial charge in [0.05, 0.1) is 17.4 Å². The number of hydrogen-bond acceptors (Lipinski definition) is 6. The molecule has 2 N–H and O–H groups in total. The van der Waals surface area contributed by atoms with E-state index in [2.05, 4.69) is 20.7 Å². The molecule has 34 heavy (non-hydrogen) atoms. The fourth-order valence-corrected chi connectivity index (χ4v) is 4.15. The van der Waals surface area contributed by atoms with E-state index in [1.807, 2.05) is 66.9 Å². The molecule has 9 heteroatoms. The maximum absolute atomic E-state index is 12.6. The summed E-state index contributed by atoms with van der Waals surface area (Å²) in [5.41, 5.74) is 3.71. The Kier molecular flexibility index (Phi) is 6.93. The zero-order valence-corrected chi connectivity index (χ0v) is 19.5. The Morgan fingerprint density at radius 3 is 2.38 bits per heavy atom. The first-order chi connectivity index (χ1) is 16.4. The van der Waals surface area contributed by atoms with Gasteiger partial charge in [-0.3, -0.25) is 14.4 Å². The lowest BCUT2D eigenvalue weighted by atomic mass is 10.1. The number of aromatic nitrogens is 3. The average molecular weight is 474 g/mol. The van der Waals surface area contributed by atoms with Crippen molar-refractivity contribution in [1.82, 2.24) is 20.1 Å². The number of rotatable bonds is 7. The van der Waals surface area contributed by atoms with Crippen LogP contribution in [0.4, 0.5) is 5.13 Å². The summed E-state index contributed by atoms with van der Waals surface area (Å²) < 4.78 is 1.14. The van der Waals surface area contributed by atoms with Gasteiger partial charge in [0.25, 0.3) is 5.56 Å². The molecule has 2 heterocycles. The Balaban J connectivity index is 1.42. The second kappa shape index (κ2) is 10.2. The molecule has 0 saturated heterocycles. The standard InChI is InChI=1S/C25H23N5O3S/c1-16(26-17(2)31)18-8-10-20(11-9-18)22-15-34-25(27-22)28-23(32)14-30-24(33)13-12-21(29-30)19-6-4-3-5-7-19/h3-13,15-16H,14H2,1-2H3,(H,26,31)(H,27,28,32). The van der Waals surface area contributed by atoms with Gasteiger partial charge in [-0.25, -0.2) is 9.67 Å². The van der Waals surface area contributed by atoms with Crippen molar-refractivity contribution >= 4 is 28.3 Å². The summed E-state index contributed by atoms with van der Waals surface area (Å²) in [6.07, 6.45) is 0. The number of hydrogen-bond donors (Lipinski definition) is 2. The van der Waals surface area contributed by atoms with E-state index in [0.717, 1.165) is 27.1 Å². The smallest absolute Gasteiger partial charge is 0.267 e. The van der Waals surface area contributed by atoms with Crippen LogP contribution in [0.5, 0.6) is 0 Å². The molecule has 172 valence electrons. The summed E-state index contributed by atoms with van der Waals surface area (Å²) in [5, 5.41) is 12.2. The molecule has 0 aliphatic rings. The number of nitrogens with one attached hydrogen (secondary N) is 2. The third-order valence-corrected chi connectivity index (χ3v) is 5.86. The van der Waals surface area contributed by atoms with Crippen LogP contribution in [0.15, 0.2) is 76.9 Å². The van der Waals surface area contributed by atoms with Crippen LogP contribution in [0.25, 0.3) is 22.5 Å². The Labute approximate surface area is 200 Å². The van der Waals surface area contributed by atoms with Crippen molar-refractivity contribution in [2.24, 2.45) is 0 Å². The van der Waals surface area contributed by atoms with Crippen molar-refractivity contribution in [3.8, 4) is 22.5 Å². The van der Waals surface area contributed by atoms with Gasteiger partial charge in [0, 0.05) is 29.5 Å². The zero-order chi connectivity index (χ0) is 24.1. The first kappa shape index (κ1) is 23.1. The van der Waals surface area contributed by atoms with Crippen LogP contribution in [0.3, 0.4) is 0 Å². The summed E-state index contributed by atoms with van der Waals surface area (Å²) in [5.74, 6) is -0.471. The van der Waals surface area contributed by atoms with E-state index in [1.165, 1.54) is 24.3 Å². The van der Waals surface area contributed by atoms with Crippen molar-refractivity contribution in [3.63, 3.8) is 0 Å². The lowest BCUT2D eigenvalue weighted by Crippen LogP contribution is -2.29. The molecule has 2 aromatic heterocycles. The van der Waals surface area contributed by atoms with Crippen LogP contribution in [0.2, 0.25) is 0 Å². The summed E-state index contributed by atoms with van der Waals surface area (Å²) in [7, 11) is 0. The lowest BCUT2D eigenvalue weighted by molar-refractivity contribution is -0.119. The minimum atomic E-state index is -0.389. The minimum absolute atomic E-state index is 0.0827. The SMILES string of the molecule is CC(=O)NC(C)c1ccc(-c2csc(NC(=O)Cn3nc(-c4ccccc4)ccc3=O)n2)cc1. The lowest BCUT2D eigenvalue weighted by Gasteiger charge is -2.13. The van der Waals surface area contributed by atoms with E-state index >= 15 is 0 Å². The molecule has 0 aliphatic carbocycles. The van der Waals surface area contributed by atoms with Crippen LogP contribution < -0.4 is 16.2 Å². The second-order valence-corrected chi connectivity index (χ2v) is 8.57. The fourth-order valence-electron chi connectivity index (χ4n) is 3.41. The van der Waals surface area contributed by atoms with Crippen LogP contribution in [0, 0.1) is 0 Å². The summed E-state index contributed by atoms with van der Waals surface area (Å²) in [6, 6.07) is 20.1. The third kappa shape index (κ3) is 5.62. The second-order valence-electron chi connectivity index (χ2n) is 7.71. The number of amides is 2. The van der Waals surface area contributed by atoms with E-state index in [4.69, 9.17) is 0 Å². The van der Waals surface area contributed by atoms with Crippen molar-refractivity contribution in [2.45, 2.75) is 26.4 Å². The first-order valence-electron chi connectivity index (χ1n) is 10.7. The number of benzene rings is 2. The molecule has 1 atom stereocenters. The van der Waals surface area contributed by atoms with Gasteiger partial charge in [0.15, 0.2) is 5.13 Å². The molecule has 4 aromatic rings. The number of carbonyl (C=O) groups excluding carboxylic acids is 2. The topological polar surface area (TPSA) is 106 Å². The summed E-state index contributed by atoms with van der Waals surface area (Å²) in [6.45, 7) is 3.19. The Bertz CT molecular complexity index is 1360. The van der Waals surface area contributed by atoms with E-state index in [0.29, 0.717) is 10.8 Å².